The molecule has 1 aromatic carbocycles. The number of hydrogen-bond acceptors (Lipinski definition) is 3. The predicted octanol–water partition coefficient (Wildman–Crippen LogP) is 3.62. The molecule has 0 aliphatic rings. The van der Waals surface area contributed by atoms with Crippen LogP contribution in [0.4, 0.5) is 0 Å². The molecule has 0 saturated heterocycles. The van der Waals surface area contributed by atoms with Gasteiger partial charge in [0.2, 0.25) is 0 Å². The van der Waals surface area contributed by atoms with Gasteiger partial charge in [-0.2, -0.15) is 5.26 Å². The molecule has 15 heavy (non-hydrogen) atoms. The quantitative estimate of drug-likeness (QED) is 0.768. The van der Waals surface area contributed by atoms with E-state index in [0.717, 1.165) is 22.5 Å². The van der Waals surface area contributed by atoms with Crippen LogP contribution in [0.15, 0.2) is 18.2 Å². The van der Waals surface area contributed by atoms with Gasteiger partial charge in [0.1, 0.15) is 0 Å². The van der Waals surface area contributed by atoms with Gasteiger partial charge in [0.15, 0.2) is 0 Å². The smallest absolute Gasteiger partial charge is 0.0907 e. The number of aromatic nitrogens is 1. The van der Waals surface area contributed by atoms with Gasteiger partial charge in [-0.3, -0.25) is 0 Å². The van der Waals surface area contributed by atoms with Gasteiger partial charge >= 0.3 is 0 Å². The first-order valence-corrected chi connectivity index (χ1v) is 5.83. The second kappa shape index (κ2) is 4.00. The van der Waals surface area contributed by atoms with E-state index < -0.39 is 0 Å². The number of thiazole rings is 1. The van der Waals surface area contributed by atoms with Crippen molar-refractivity contribution in [1.29, 1.82) is 5.26 Å². The summed E-state index contributed by atoms with van der Waals surface area (Å²) in [7, 11) is 0. The summed E-state index contributed by atoms with van der Waals surface area (Å²) >= 11 is 1.68. The lowest BCUT2D eigenvalue weighted by molar-refractivity contribution is 0.820. The largest absolute Gasteiger partial charge is 0.242 e. The molecule has 2 aromatic rings. The van der Waals surface area contributed by atoms with Crippen LogP contribution in [0, 0.1) is 18.3 Å². The molecule has 2 nitrogen and oxygen atoms in total. The van der Waals surface area contributed by atoms with Crippen molar-refractivity contribution in [1.82, 2.24) is 4.98 Å². The lowest BCUT2D eigenvalue weighted by atomic mass is 9.98. The third-order valence-electron chi connectivity index (χ3n) is 2.49. The Morgan fingerprint density at radius 2 is 2.33 bits per heavy atom. The molecule has 0 aliphatic carbocycles. The molecule has 2 rings (SSSR count). The van der Waals surface area contributed by atoms with E-state index in [1.54, 1.807) is 11.3 Å². The van der Waals surface area contributed by atoms with Gasteiger partial charge in [0, 0.05) is 0 Å². The summed E-state index contributed by atoms with van der Waals surface area (Å²) in [6.45, 7) is 4.04. The van der Waals surface area contributed by atoms with Gasteiger partial charge in [-0.15, -0.1) is 11.3 Å². The molecule has 1 aromatic heterocycles. The van der Waals surface area contributed by atoms with Gasteiger partial charge in [-0.25, -0.2) is 4.98 Å². The molecule has 0 amide bonds. The second-order valence-electron chi connectivity index (χ2n) is 3.55. The predicted molar refractivity (Wildman–Crippen MR) is 63.0 cm³/mol. The Hall–Kier alpha value is -1.40. The standard InChI is InChI=1S/C12H12N2S/c1-3-9(7-13)10-4-5-11-12(6-10)15-8(2)14-11/h4-6,9H,3H2,1-2H3. The van der Waals surface area contributed by atoms with Gasteiger partial charge in [0.05, 0.1) is 27.2 Å². The fourth-order valence-corrected chi connectivity index (χ4v) is 2.55. The molecular weight excluding hydrogens is 204 g/mol. The molecule has 0 radical (unpaired) electrons. The highest BCUT2D eigenvalue weighted by Crippen LogP contribution is 2.27. The summed E-state index contributed by atoms with van der Waals surface area (Å²) in [5.74, 6) is 0.0109. The summed E-state index contributed by atoms with van der Waals surface area (Å²) in [4.78, 5) is 4.40. The number of benzene rings is 1. The first-order chi connectivity index (χ1) is 7.24. The SMILES string of the molecule is CCC(C#N)c1ccc2nc(C)sc2c1. The molecule has 1 unspecified atom stereocenters. The molecule has 76 valence electrons. The zero-order valence-corrected chi connectivity index (χ0v) is 9.64. The van der Waals surface area contributed by atoms with Crippen molar-refractivity contribution in [3.8, 4) is 6.07 Å². The van der Waals surface area contributed by atoms with E-state index in [-0.39, 0.29) is 5.92 Å². The third-order valence-corrected chi connectivity index (χ3v) is 3.42. The summed E-state index contributed by atoms with van der Waals surface area (Å²) in [5.41, 5.74) is 2.14. The fourth-order valence-electron chi connectivity index (χ4n) is 1.67. The van der Waals surface area contributed by atoms with Gasteiger partial charge in [-0.1, -0.05) is 13.0 Å². The van der Waals surface area contributed by atoms with Crippen LogP contribution >= 0.6 is 11.3 Å². The maximum Gasteiger partial charge on any atom is 0.0907 e. The number of aryl methyl sites for hydroxylation is 1. The molecule has 0 saturated carbocycles. The van der Waals surface area contributed by atoms with Crippen molar-refractivity contribution < 1.29 is 0 Å². The van der Waals surface area contributed by atoms with E-state index in [9.17, 15) is 0 Å². The topological polar surface area (TPSA) is 36.7 Å². The van der Waals surface area contributed by atoms with Crippen molar-refractivity contribution in [2.24, 2.45) is 0 Å². The Kier molecular flexibility index (Phi) is 2.70. The van der Waals surface area contributed by atoms with E-state index in [4.69, 9.17) is 5.26 Å². The molecule has 0 fully saturated rings. The summed E-state index contributed by atoms with van der Waals surface area (Å²) in [6.07, 6.45) is 0.861. The van der Waals surface area contributed by atoms with Crippen LogP contribution in [0.3, 0.4) is 0 Å². The van der Waals surface area contributed by atoms with Crippen molar-refractivity contribution in [3.63, 3.8) is 0 Å². The van der Waals surface area contributed by atoms with Crippen LogP contribution in [0.5, 0.6) is 0 Å². The zero-order chi connectivity index (χ0) is 10.8. The lowest BCUT2D eigenvalue weighted by Crippen LogP contribution is -1.92. The first-order valence-electron chi connectivity index (χ1n) is 5.01. The highest BCUT2D eigenvalue weighted by Gasteiger charge is 2.09. The molecule has 0 aliphatic heterocycles. The Bertz CT molecular complexity index is 522. The van der Waals surface area contributed by atoms with Crippen LogP contribution in [0.25, 0.3) is 10.2 Å². The van der Waals surface area contributed by atoms with Crippen LogP contribution < -0.4 is 0 Å². The van der Waals surface area contributed by atoms with Crippen molar-refractivity contribution in [2.45, 2.75) is 26.2 Å². The van der Waals surface area contributed by atoms with Gasteiger partial charge in [-0.05, 0) is 31.0 Å². The number of fused-ring (bicyclic) bond motifs is 1. The highest BCUT2D eigenvalue weighted by atomic mass is 32.1. The van der Waals surface area contributed by atoms with Gasteiger partial charge in [0.25, 0.3) is 0 Å². The van der Waals surface area contributed by atoms with Crippen molar-refractivity contribution >= 4 is 21.6 Å². The third kappa shape index (κ3) is 1.86. The molecule has 1 atom stereocenters. The van der Waals surface area contributed by atoms with E-state index in [1.807, 2.05) is 26.0 Å². The van der Waals surface area contributed by atoms with Crippen LogP contribution in [0.1, 0.15) is 29.8 Å². The van der Waals surface area contributed by atoms with Crippen LogP contribution in [-0.4, -0.2) is 4.98 Å². The maximum absolute atomic E-state index is 8.99. The number of nitrogens with zero attached hydrogens (tertiary/aromatic N) is 2. The molecule has 0 N–H and O–H groups in total. The van der Waals surface area contributed by atoms with E-state index in [2.05, 4.69) is 17.1 Å². The van der Waals surface area contributed by atoms with Crippen LogP contribution in [-0.2, 0) is 0 Å². The van der Waals surface area contributed by atoms with Crippen molar-refractivity contribution in [3.05, 3.63) is 28.8 Å². The lowest BCUT2D eigenvalue weighted by Gasteiger charge is -2.05. The summed E-state index contributed by atoms with van der Waals surface area (Å²) in [5, 5.41) is 10.1. The minimum absolute atomic E-state index is 0.0109. The van der Waals surface area contributed by atoms with E-state index in [0.29, 0.717) is 0 Å². The summed E-state index contributed by atoms with van der Waals surface area (Å²) < 4.78 is 1.18. The maximum atomic E-state index is 8.99. The molecule has 0 bridgehead atoms. The van der Waals surface area contributed by atoms with Crippen LogP contribution in [0.2, 0.25) is 0 Å². The van der Waals surface area contributed by atoms with Gasteiger partial charge < -0.3 is 0 Å². The Morgan fingerprint density at radius 1 is 1.53 bits per heavy atom. The minimum atomic E-state index is 0.0109. The average molecular weight is 216 g/mol. The molecule has 0 spiro atoms. The number of hydrogen-bond donors (Lipinski definition) is 0. The molecule has 3 heteroatoms. The second-order valence-corrected chi connectivity index (χ2v) is 4.78. The Balaban J connectivity index is 2.51. The first kappa shape index (κ1) is 10.1. The Labute approximate surface area is 93.2 Å². The summed E-state index contributed by atoms with van der Waals surface area (Å²) in [6, 6.07) is 8.44. The monoisotopic (exact) mass is 216 g/mol. The normalized spacial score (nSPS) is 12.6. The van der Waals surface area contributed by atoms with E-state index in [1.165, 1.54) is 4.70 Å². The minimum Gasteiger partial charge on any atom is -0.242 e. The van der Waals surface area contributed by atoms with E-state index >= 15 is 0 Å². The fraction of sp³-hybridized carbons (Fsp3) is 0.333. The highest BCUT2D eigenvalue weighted by molar-refractivity contribution is 7.18. The van der Waals surface area contributed by atoms with Crippen molar-refractivity contribution in [2.75, 3.05) is 0 Å². The zero-order valence-electron chi connectivity index (χ0n) is 8.82. The molecular formula is C12H12N2S. The average Bonchev–Trinajstić information content (AvgIpc) is 2.59. The number of rotatable bonds is 2. The number of nitriles is 1. The Morgan fingerprint density at radius 3 is 3.00 bits per heavy atom. The molecule has 1 heterocycles.